The number of aliphatic hydroxyl groups excluding tert-OH is 1. The number of ether oxygens (including phenoxy) is 1. The second kappa shape index (κ2) is 11.2. The number of hydrogen-bond donors (Lipinski definition) is 1. The maximum absolute atomic E-state index is 12.8. The van der Waals surface area contributed by atoms with Gasteiger partial charge in [0.2, 0.25) is 0 Å². The molecule has 9 heteroatoms. The van der Waals surface area contributed by atoms with Crippen LogP contribution in [0.5, 0.6) is 5.75 Å². The number of carbonyl (C=O) groups excluding carboxylic acids is 2. The predicted octanol–water partition coefficient (Wildman–Crippen LogP) is 3.03. The van der Waals surface area contributed by atoms with Gasteiger partial charge in [-0.25, -0.2) is 9.69 Å². The molecule has 1 aromatic carbocycles. The average Bonchev–Trinajstić information content (AvgIpc) is 3.13. The van der Waals surface area contributed by atoms with E-state index in [1.165, 1.54) is 5.56 Å². The predicted molar refractivity (Wildman–Crippen MR) is 132 cm³/mol. The van der Waals surface area contributed by atoms with Gasteiger partial charge in [-0.3, -0.25) is 9.78 Å². The first-order valence-corrected chi connectivity index (χ1v) is 12.6. The molecule has 2 aromatic rings. The standard InChI is InChI=1S/C25H32N4O4S/c1-3-18-4-7-20(26-17-18)10-15-33-21-8-5-19(6-9-21)16-22-23(30)29(25(32)34-22)24(31)28-13-11-27(2)12-14-28/h4-9,17,22-23,30H,3,10-16H2,1-2H3. The fourth-order valence-electron chi connectivity index (χ4n) is 4.05. The van der Waals surface area contributed by atoms with E-state index in [-0.39, 0.29) is 5.24 Å². The van der Waals surface area contributed by atoms with E-state index in [0.717, 1.165) is 59.6 Å². The Hall–Kier alpha value is -2.62. The molecule has 2 unspecified atom stereocenters. The number of aliphatic hydroxyl groups is 1. The van der Waals surface area contributed by atoms with Crippen molar-refractivity contribution in [3.8, 4) is 5.75 Å². The molecule has 0 aliphatic carbocycles. The molecule has 0 spiro atoms. The van der Waals surface area contributed by atoms with Gasteiger partial charge in [0.25, 0.3) is 5.24 Å². The topological polar surface area (TPSA) is 86.2 Å². The summed E-state index contributed by atoms with van der Waals surface area (Å²) in [6.45, 7) is 5.28. The first kappa shape index (κ1) is 24.5. The molecule has 0 saturated carbocycles. The summed E-state index contributed by atoms with van der Waals surface area (Å²) in [5, 5.41) is 9.96. The summed E-state index contributed by atoms with van der Waals surface area (Å²) in [6, 6.07) is 11.4. The Morgan fingerprint density at radius 3 is 2.47 bits per heavy atom. The molecule has 2 aliphatic heterocycles. The first-order chi connectivity index (χ1) is 16.4. The molecular formula is C25H32N4O4S. The van der Waals surface area contributed by atoms with E-state index >= 15 is 0 Å². The van der Waals surface area contributed by atoms with Gasteiger partial charge in [-0.15, -0.1) is 0 Å². The number of likely N-dealkylation sites (N-methyl/N-ethyl adjacent to an activating group) is 1. The van der Waals surface area contributed by atoms with Crippen LogP contribution in [0.1, 0.15) is 23.7 Å². The number of urea groups is 1. The number of imide groups is 1. The second-order valence-corrected chi connectivity index (χ2v) is 9.93. The highest BCUT2D eigenvalue weighted by Gasteiger charge is 2.45. The highest BCUT2D eigenvalue weighted by atomic mass is 32.2. The fraction of sp³-hybridized carbons (Fsp3) is 0.480. The molecule has 4 rings (SSSR count). The zero-order chi connectivity index (χ0) is 24.1. The Kier molecular flexibility index (Phi) is 8.07. The van der Waals surface area contributed by atoms with Crippen LogP contribution >= 0.6 is 11.8 Å². The van der Waals surface area contributed by atoms with Crippen molar-refractivity contribution in [3.63, 3.8) is 0 Å². The van der Waals surface area contributed by atoms with E-state index in [4.69, 9.17) is 4.74 Å². The molecule has 2 aliphatic rings. The van der Waals surface area contributed by atoms with Crippen molar-refractivity contribution in [3.05, 3.63) is 59.4 Å². The molecule has 2 fully saturated rings. The molecule has 3 amide bonds. The Labute approximate surface area is 204 Å². The van der Waals surface area contributed by atoms with Crippen LogP contribution in [-0.4, -0.2) is 87.4 Å². The monoisotopic (exact) mass is 484 g/mol. The van der Waals surface area contributed by atoms with Crippen molar-refractivity contribution in [2.45, 2.75) is 37.7 Å². The maximum atomic E-state index is 12.8. The molecule has 1 aromatic heterocycles. The molecular weight excluding hydrogens is 452 g/mol. The van der Waals surface area contributed by atoms with Gasteiger partial charge in [0.1, 0.15) is 5.75 Å². The first-order valence-electron chi connectivity index (χ1n) is 11.8. The summed E-state index contributed by atoms with van der Waals surface area (Å²) >= 11 is 1.03. The van der Waals surface area contributed by atoms with Gasteiger partial charge >= 0.3 is 6.03 Å². The van der Waals surface area contributed by atoms with Gasteiger partial charge in [0.15, 0.2) is 6.23 Å². The fourth-order valence-corrected chi connectivity index (χ4v) is 5.13. The number of thioether (sulfide) groups is 1. The SMILES string of the molecule is CCc1ccc(CCOc2ccc(CC3SC(=O)N(C(=O)N4CCN(C)CC4)C3O)cc2)nc1. The van der Waals surface area contributed by atoms with Crippen LogP contribution in [0, 0.1) is 0 Å². The lowest BCUT2D eigenvalue weighted by Crippen LogP contribution is -2.54. The van der Waals surface area contributed by atoms with Crippen LogP contribution < -0.4 is 4.74 Å². The van der Waals surface area contributed by atoms with Gasteiger partial charge in [-0.2, -0.15) is 0 Å². The minimum atomic E-state index is -1.13. The third kappa shape index (κ3) is 5.89. The van der Waals surface area contributed by atoms with Crippen LogP contribution in [0.15, 0.2) is 42.6 Å². The molecule has 3 heterocycles. The highest BCUT2D eigenvalue weighted by Crippen LogP contribution is 2.34. The molecule has 0 radical (unpaired) electrons. The smallest absolute Gasteiger partial charge is 0.329 e. The normalized spacial score (nSPS) is 21.2. The third-order valence-electron chi connectivity index (χ3n) is 6.31. The summed E-state index contributed by atoms with van der Waals surface area (Å²) in [5.74, 6) is 0.761. The highest BCUT2D eigenvalue weighted by molar-refractivity contribution is 8.14. The van der Waals surface area contributed by atoms with E-state index in [1.807, 2.05) is 43.6 Å². The number of aromatic nitrogens is 1. The minimum Gasteiger partial charge on any atom is -0.493 e. The van der Waals surface area contributed by atoms with Crippen molar-refractivity contribution in [1.29, 1.82) is 0 Å². The number of benzene rings is 1. The van der Waals surface area contributed by atoms with E-state index in [0.29, 0.717) is 26.1 Å². The Morgan fingerprint density at radius 1 is 1.12 bits per heavy atom. The number of hydrogen-bond acceptors (Lipinski definition) is 7. The van der Waals surface area contributed by atoms with E-state index in [2.05, 4.69) is 22.9 Å². The van der Waals surface area contributed by atoms with Crippen LogP contribution in [-0.2, 0) is 19.3 Å². The van der Waals surface area contributed by atoms with Gasteiger partial charge in [-0.05, 0) is 49.2 Å². The number of amides is 3. The lowest BCUT2D eigenvalue weighted by atomic mass is 10.1. The summed E-state index contributed by atoms with van der Waals surface area (Å²) in [4.78, 5) is 34.6. The summed E-state index contributed by atoms with van der Waals surface area (Å²) < 4.78 is 5.84. The lowest BCUT2D eigenvalue weighted by Gasteiger charge is -2.35. The number of pyridine rings is 1. The number of carbonyl (C=O) groups is 2. The Morgan fingerprint density at radius 2 is 1.82 bits per heavy atom. The van der Waals surface area contributed by atoms with E-state index in [1.54, 1.807) is 4.90 Å². The van der Waals surface area contributed by atoms with Crippen LogP contribution in [0.2, 0.25) is 0 Å². The van der Waals surface area contributed by atoms with Gasteiger partial charge in [0, 0.05) is 44.5 Å². The molecule has 0 bridgehead atoms. The lowest BCUT2D eigenvalue weighted by molar-refractivity contribution is 0.0461. The van der Waals surface area contributed by atoms with Crippen molar-refractivity contribution >= 4 is 23.0 Å². The molecule has 182 valence electrons. The van der Waals surface area contributed by atoms with Crippen LogP contribution in [0.4, 0.5) is 9.59 Å². The Balaban J connectivity index is 1.27. The molecule has 2 atom stereocenters. The zero-order valence-corrected chi connectivity index (χ0v) is 20.5. The summed E-state index contributed by atoms with van der Waals surface area (Å²) in [5.41, 5.74) is 3.20. The van der Waals surface area contributed by atoms with Gasteiger partial charge in [0.05, 0.1) is 11.9 Å². The number of rotatable bonds is 7. The number of aryl methyl sites for hydroxylation is 1. The van der Waals surface area contributed by atoms with Crippen LogP contribution in [0.3, 0.4) is 0 Å². The summed E-state index contributed by atoms with van der Waals surface area (Å²) in [6.07, 6.45) is 2.97. The van der Waals surface area contributed by atoms with Crippen molar-refractivity contribution in [2.75, 3.05) is 39.8 Å². The molecule has 34 heavy (non-hydrogen) atoms. The van der Waals surface area contributed by atoms with Crippen molar-refractivity contribution in [2.24, 2.45) is 0 Å². The molecule has 1 N–H and O–H groups in total. The minimum absolute atomic E-state index is 0.387. The summed E-state index contributed by atoms with van der Waals surface area (Å²) in [7, 11) is 2.00. The van der Waals surface area contributed by atoms with Gasteiger partial charge < -0.3 is 19.6 Å². The quantitative estimate of drug-likeness (QED) is 0.646. The van der Waals surface area contributed by atoms with Crippen molar-refractivity contribution in [1.82, 2.24) is 19.7 Å². The van der Waals surface area contributed by atoms with Gasteiger partial charge in [-0.1, -0.05) is 36.9 Å². The second-order valence-electron chi connectivity index (χ2n) is 8.74. The van der Waals surface area contributed by atoms with E-state index < -0.39 is 17.5 Å². The van der Waals surface area contributed by atoms with E-state index in [9.17, 15) is 14.7 Å². The molecule has 2 saturated heterocycles. The number of nitrogens with zero attached hydrogens (tertiary/aromatic N) is 4. The average molecular weight is 485 g/mol. The number of piperazine rings is 1. The zero-order valence-electron chi connectivity index (χ0n) is 19.7. The maximum Gasteiger partial charge on any atom is 0.329 e. The molecule has 8 nitrogen and oxygen atoms in total. The van der Waals surface area contributed by atoms with Crippen molar-refractivity contribution < 1.29 is 19.4 Å². The Bertz CT molecular complexity index is 977. The largest absolute Gasteiger partial charge is 0.493 e. The van der Waals surface area contributed by atoms with Crippen LogP contribution in [0.25, 0.3) is 0 Å². The third-order valence-corrected chi connectivity index (χ3v) is 7.42.